The molecule has 1 heterocycles. The van der Waals surface area contributed by atoms with Crippen LogP contribution < -0.4 is 0 Å². The van der Waals surface area contributed by atoms with Crippen molar-refractivity contribution >= 4 is 11.8 Å². The summed E-state index contributed by atoms with van der Waals surface area (Å²) in [5.41, 5.74) is 1.21. The molecule has 0 amide bonds. The minimum atomic E-state index is 0.581. The van der Waals surface area contributed by atoms with E-state index in [0.29, 0.717) is 5.92 Å². The quantitative estimate of drug-likeness (QED) is 0.663. The zero-order chi connectivity index (χ0) is 8.97. The molecular weight excluding hydrogens is 166 g/mol. The Morgan fingerprint density at radius 1 is 1.50 bits per heavy atom. The van der Waals surface area contributed by atoms with Crippen LogP contribution in [0, 0.1) is 0 Å². The zero-order valence-electron chi connectivity index (χ0n) is 7.87. The van der Waals surface area contributed by atoms with Crippen molar-refractivity contribution in [3.63, 3.8) is 0 Å². The topological polar surface area (TPSA) is 12.9 Å². The summed E-state index contributed by atoms with van der Waals surface area (Å²) in [7, 11) is 0. The van der Waals surface area contributed by atoms with Crippen LogP contribution in [0.4, 0.5) is 0 Å². The Balaban J connectivity index is 2.86. The lowest BCUT2D eigenvalue weighted by atomic mass is 10.1. The van der Waals surface area contributed by atoms with Crippen molar-refractivity contribution < 1.29 is 0 Å². The van der Waals surface area contributed by atoms with Gasteiger partial charge in [-0.3, -0.25) is 0 Å². The number of hydrogen-bond acceptors (Lipinski definition) is 2. The largest absolute Gasteiger partial charge is 0.246 e. The molecule has 2 heteroatoms. The van der Waals surface area contributed by atoms with E-state index in [-0.39, 0.29) is 0 Å². The number of thioether (sulfide) groups is 1. The lowest BCUT2D eigenvalue weighted by molar-refractivity contribution is 0.699. The summed E-state index contributed by atoms with van der Waals surface area (Å²) in [5, 5.41) is 1.12. The van der Waals surface area contributed by atoms with Crippen molar-refractivity contribution in [3.8, 4) is 0 Å². The maximum Gasteiger partial charge on any atom is 0.0960 e. The predicted molar refractivity (Wildman–Crippen MR) is 54.7 cm³/mol. The fourth-order valence-electron chi connectivity index (χ4n) is 1.03. The van der Waals surface area contributed by atoms with E-state index < -0.39 is 0 Å². The minimum absolute atomic E-state index is 0.581. The summed E-state index contributed by atoms with van der Waals surface area (Å²) in [6, 6.07) is 6.24. The Bertz CT molecular complexity index is 247. The van der Waals surface area contributed by atoms with Crippen LogP contribution in [0.25, 0.3) is 0 Å². The summed E-state index contributed by atoms with van der Waals surface area (Å²) in [5.74, 6) is 0.581. The Morgan fingerprint density at radius 2 is 2.25 bits per heavy atom. The molecule has 12 heavy (non-hydrogen) atoms. The first kappa shape index (κ1) is 9.59. The third-order valence-corrected chi connectivity index (χ3v) is 2.72. The molecule has 0 aliphatic carbocycles. The van der Waals surface area contributed by atoms with Crippen LogP contribution in [-0.2, 0) is 0 Å². The van der Waals surface area contributed by atoms with Gasteiger partial charge in [0.25, 0.3) is 0 Å². The first-order valence-electron chi connectivity index (χ1n) is 4.28. The zero-order valence-corrected chi connectivity index (χ0v) is 8.69. The normalized spacial score (nSPS) is 12.9. The molecule has 1 aromatic rings. The summed E-state index contributed by atoms with van der Waals surface area (Å²) >= 11 is 1.70. The van der Waals surface area contributed by atoms with Gasteiger partial charge in [-0.15, -0.1) is 11.8 Å². The number of aromatic nitrogens is 1. The van der Waals surface area contributed by atoms with Crippen molar-refractivity contribution in [1.29, 1.82) is 0 Å². The lowest BCUT2D eigenvalue weighted by Crippen LogP contribution is -1.95. The van der Waals surface area contributed by atoms with Gasteiger partial charge in [-0.05, 0) is 30.7 Å². The minimum Gasteiger partial charge on any atom is -0.246 e. The highest BCUT2D eigenvalue weighted by Gasteiger charge is 2.03. The summed E-state index contributed by atoms with van der Waals surface area (Å²) in [4.78, 5) is 4.52. The van der Waals surface area contributed by atoms with Gasteiger partial charge in [0.15, 0.2) is 0 Å². The average molecular weight is 181 g/mol. The standard InChI is InChI=1S/C10H15NS/c1-4-8(2)9-6-5-7-10(11-9)12-3/h5-8H,4H2,1-3H3. The number of hydrogen-bond donors (Lipinski definition) is 0. The first-order valence-corrected chi connectivity index (χ1v) is 5.51. The van der Waals surface area contributed by atoms with Gasteiger partial charge < -0.3 is 0 Å². The van der Waals surface area contributed by atoms with E-state index in [1.54, 1.807) is 11.8 Å². The van der Waals surface area contributed by atoms with E-state index in [2.05, 4.69) is 43.3 Å². The average Bonchev–Trinajstić information content (AvgIpc) is 2.17. The summed E-state index contributed by atoms with van der Waals surface area (Å²) in [6.45, 7) is 4.41. The number of pyridine rings is 1. The fourth-order valence-corrected chi connectivity index (χ4v) is 1.44. The molecule has 0 bridgehead atoms. The van der Waals surface area contributed by atoms with Crippen molar-refractivity contribution in [1.82, 2.24) is 4.98 Å². The molecule has 0 saturated heterocycles. The van der Waals surface area contributed by atoms with Crippen LogP contribution >= 0.6 is 11.8 Å². The molecule has 1 aromatic heterocycles. The highest BCUT2D eigenvalue weighted by Crippen LogP contribution is 2.19. The first-order chi connectivity index (χ1) is 5.77. The second-order valence-electron chi connectivity index (χ2n) is 2.91. The Morgan fingerprint density at radius 3 is 2.83 bits per heavy atom. The van der Waals surface area contributed by atoms with Crippen LogP contribution in [0.5, 0.6) is 0 Å². The molecular formula is C10H15NS. The molecule has 1 unspecified atom stereocenters. The summed E-state index contributed by atoms with van der Waals surface area (Å²) < 4.78 is 0. The molecule has 0 aliphatic heterocycles. The third-order valence-electron chi connectivity index (χ3n) is 2.07. The van der Waals surface area contributed by atoms with Crippen LogP contribution in [-0.4, -0.2) is 11.2 Å². The van der Waals surface area contributed by atoms with E-state index in [4.69, 9.17) is 0 Å². The van der Waals surface area contributed by atoms with Gasteiger partial charge in [0.05, 0.1) is 5.03 Å². The van der Waals surface area contributed by atoms with E-state index in [1.807, 2.05) is 0 Å². The van der Waals surface area contributed by atoms with Crippen molar-refractivity contribution in [2.45, 2.75) is 31.2 Å². The molecule has 0 fully saturated rings. The van der Waals surface area contributed by atoms with Gasteiger partial charge in [0.2, 0.25) is 0 Å². The van der Waals surface area contributed by atoms with Crippen molar-refractivity contribution in [2.24, 2.45) is 0 Å². The lowest BCUT2D eigenvalue weighted by Gasteiger charge is -2.07. The smallest absolute Gasteiger partial charge is 0.0960 e. The molecule has 0 aromatic carbocycles. The van der Waals surface area contributed by atoms with Crippen molar-refractivity contribution in [2.75, 3.05) is 6.26 Å². The maximum atomic E-state index is 4.52. The molecule has 1 rings (SSSR count). The molecule has 0 saturated carbocycles. The van der Waals surface area contributed by atoms with E-state index in [0.717, 1.165) is 11.4 Å². The van der Waals surface area contributed by atoms with E-state index in [9.17, 15) is 0 Å². The Kier molecular flexibility index (Phi) is 3.60. The molecule has 66 valence electrons. The Labute approximate surface area is 78.6 Å². The monoisotopic (exact) mass is 181 g/mol. The molecule has 0 aliphatic rings. The van der Waals surface area contributed by atoms with Crippen LogP contribution in [0.15, 0.2) is 23.2 Å². The van der Waals surface area contributed by atoms with Gasteiger partial charge in [0, 0.05) is 5.69 Å². The van der Waals surface area contributed by atoms with Gasteiger partial charge in [-0.25, -0.2) is 4.98 Å². The molecule has 1 atom stereocenters. The van der Waals surface area contributed by atoms with Gasteiger partial charge in [-0.2, -0.15) is 0 Å². The maximum absolute atomic E-state index is 4.52. The van der Waals surface area contributed by atoms with Crippen LogP contribution in [0.1, 0.15) is 31.9 Å². The molecule has 0 N–H and O–H groups in total. The fraction of sp³-hybridized carbons (Fsp3) is 0.500. The van der Waals surface area contributed by atoms with E-state index in [1.165, 1.54) is 5.69 Å². The van der Waals surface area contributed by atoms with Gasteiger partial charge in [-0.1, -0.05) is 19.9 Å². The molecule has 1 nitrogen and oxygen atoms in total. The third kappa shape index (κ3) is 2.24. The van der Waals surface area contributed by atoms with Gasteiger partial charge in [0.1, 0.15) is 0 Å². The molecule has 0 radical (unpaired) electrons. The van der Waals surface area contributed by atoms with Crippen molar-refractivity contribution in [3.05, 3.63) is 23.9 Å². The van der Waals surface area contributed by atoms with Crippen LogP contribution in [0.3, 0.4) is 0 Å². The second kappa shape index (κ2) is 4.51. The number of rotatable bonds is 3. The molecule has 0 spiro atoms. The highest BCUT2D eigenvalue weighted by molar-refractivity contribution is 7.98. The highest BCUT2D eigenvalue weighted by atomic mass is 32.2. The Hall–Kier alpha value is -0.500. The summed E-state index contributed by atoms with van der Waals surface area (Å²) in [6.07, 6.45) is 3.22. The number of nitrogens with zero attached hydrogens (tertiary/aromatic N) is 1. The predicted octanol–water partition coefficient (Wildman–Crippen LogP) is 3.32. The SMILES string of the molecule is CCC(C)c1cccc(SC)n1. The van der Waals surface area contributed by atoms with Crippen LogP contribution in [0.2, 0.25) is 0 Å². The second-order valence-corrected chi connectivity index (χ2v) is 3.74. The van der Waals surface area contributed by atoms with E-state index >= 15 is 0 Å². The van der Waals surface area contributed by atoms with Gasteiger partial charge >= 0.3 is 0 Å².